The molecule has 10 nitrogen and oxygen atoms in total. The first kappa shape index (κ1) is 17.1. The van der Waals surface area contributed by atoms with Crippen LogP contribution < -0.4 is 21.8 Å². The highest BCUT2D eigenvalue weighted by Gasteiger charge is 2.07. The molecule has 0 saturated carbocycles. The number of hydrogen-bond acceptors (Lipinski definition) is 8. The first-order valence-corrected chi connectivity index (χ1v) is 7.39. The van der Waals surface area contributed by atoms with Gasteiger partial charge in [0.05, 0.1) is 17.9 Å². The maximum absolute atomic E-state index is 11.6. The summed E-state index contributed by atoms with van der Waals surface area (Å²) in [5.41, 5.74) is 1.43. The number of aromatic carboxylic acids is 1. The molecule has 0 spiro atoms. The molecule has 0 bridgehead atoms. The Morgan fingerprint density at radius 1 is 1.29 bits per heavy atom. The van der Waals surface area contributed by atoms with Crippen molar-refractivity contribution in [2.75, 3.05) is 5.75 Å². The number of hydrazone groups is 1. The largest absolute Gasteiger partial charge is 0.545 e. The second kappa shape index (κ2) is 7.87. The highest BCUT2D eigenvalue weighted by molar-refractivity contribution is 7.99. The van der Waals surface area contributed by atoms with E-state index in [9.17, 15) is 24.3 Å². The molecule has 0 saturated heterocycles. The van der Waals surface area contributed by atoms with Crippen LogP contribution in [0.5, 0.6) is 0 Å². The van der Waals surface area contributed by atoms with Crippen molar-refractivity contribution >= 4 is 29.9 Å². The molecule has 0 fully saturated rings. The van der Waals surface area contributed by atoms with E-state index in [1.165, 1.54) is 30.5 Å². The van der Waals surface area contributed by atoms with E-state index in [1.807, 2.05) is 4.98 Å². The number of thioether (sulfide) groups is 1. The van der Waals surface area contributed by atoms with Gasteiger partial charge in [0, 0.05) is 0 Å². The molecule has 0 aliphatic carbocycles. The maximum Gasteiger partial charge on any atom is 0.342 e. The summed E-state index contributed by atoms with van der Waals surface area (Å²) in [6.07, 6.45) is 1.33. The molecule has 0 aliphatic rings. The molecule has 0 aliphatic heterocycles. The Balaban J connectivity index is 1.85. The van der Waals surface area contributed by atoms with Crippen LogP contribution in [-0.2, 0) is 4.79 Å². The SMILES string of the molecule is O=C(CSc1n[nH]c(=O)[nH]c1=O)N/N=C\c1ccc(C(=O)[O-])cc1. The van der Waals surface area contributed by atoms with E-state index in [2.05, 4.69) is 20.7 Å². The van der Waals surface area contributed by atoms with E-state index in [1.54, 1.807) is 0 Å². The zero-order chi connectivity index (χ0) is 17.5. The number of H-pyrrole nitrogens is 2. The van der Waals surface area contributed by atoms with Gasteiger partial charge < -0.3 is 9.90 Å². The number of benzene rings is 1. The summed E-state index contributed by atoms with van der Waals surface area (Å²) in [6.45, 7) is 0. The highest BCUT2D eigenvalue weighted by Crippen LogP contribution is 2.07. The quantitative estimate of drug-likeness (QED) is 0.311. The van der Waals surface area contributed by atoms with Gasteiger partial charge >= 0.3 is 5.69 Å². The number of nitrogens with one attached hydrogen (secondary N) is 3. The predicted octanol–water partition coefficient (Wildman–Crippen LogP) is -1.94. The molecule has 0 radical (unpaired) electrons. The van der Waals surface area contributed by atoms with Crippen molar-refractivity contribution in [3.05, 3.63) is 56.2 Å². The Hall–Kier alpha value is -3.21. The van der Waals surface area contributed by atoms with Crippen molar-refractivity contribution in [3.63, 3.8) is 0 Å². The van der Waals surface area contributed by atoms with Crippen molar-refractivity contribution in [1.82, 2.24) is 20.6 Å². The Bertz CT molecular complexity index is 887. The molecule has 0 unspecified atom stereocenters. The van der Waals surface area contributed by atoms with Gasteiger partial charge in [-0.2, -0.15) is 10.2 Å². The van der Waals surface area contributed by atoms with Crippen molar-refractivity contribution in [2.45, 2.75) is 5.03 Å². The second-order valence-electron chi connectivity index (χ2n) is 4.30. The maximum atomic E-state index is 11.6. The Labute approximate surface area is 138 Å². The molecule has 3 N–H and O–H groups in total. The number of carboxylic acid groups (broad SMARTS) is 1. The van der Waals surface area contributed by atoms with Gasteiger partial charge in [-0.3, -0.25) is 14.6 Å². The molecule has 2 rings (SSSR count). The summed E-state index contributed by atoms with van der Waals surface area (Å²) in [7, 11) is 0. The van der Waals surface area contributed by atoms with Crippen molar-refractivity contribution in [3.8, 4) is 0 Å². The third-order valence-electron chi connectivity index (χ3n) is 2.57. The predicted molar refractivity (Wildman–Crippen MR) is 82.7 cm³/mol. The minimum Gasteiger partial charge on any atom is -0.545 e. The van der Waals surface area contributed by atoms with Gasteiger partial charge in [0.25, 0.3) is 5.56 Å². The average Bonchev–Trinajstić information content (AvgIpc) is 2.54. The number of aromatic nitrogens is 3. The first-order chi connectivity index (χ1) is 11.5. The molecule has 11 heteroatoms. The van der Waals surface area contributed by atoms with Crippen LogP contribution in [0.4, 0.5) is 0 Å². The molecule has 2 aromatic rings. The van der Waals surface area contributed by atoms with Gasteiger partial charge in [0.15, 0.2) is 5.03 Å². The fourth-order valence-electron chi connectivity index (χ4n) is 1.48. The monoisotopic (exact) mass is 348 g/mol. The lowest BCUT2D eigenvalue weighted by atomic mass is 10.1. The minimum atomic E-state index is -1.28. The van der Waals surface area contributed by atoms with Gasteiger partial charge in [0.1, 0.15) is 0 Å². The second-order valence-corrected chi connectivity index (χ2v) is 5.27. The third-order valence-corrected chi connectivity index (χ3v) is 3.53. The highest BCUT2D eigenvalue weighted by atomic mass is 32.2. The minimum absolute atomic E-state index is 0.0335. The molecule has 1 aromatic heterocycles. The summed E-state index contributed by atoms with van der Waals surface area (Å²) in [5.74, 6) is -1.91. The van der Waals surface area contributed by atoms with E-state index in [0.29, 0.717) is 5.56 Å². The molecule has 24 heavy (non-hydrogen) atoms. The van der Waals surface area contributed by atoms with Crippen LogP contribution in [0.3, 0.4) is 0 Å². The van der Waals surface area contributed by atoms with Gasteiger partial charge in [-0.25, -0.2) is 15.3 Å². The zero-order valence-electron chi connectivity index (χ0n) is 11.9. The average molecular weight is 348 g/mol. The smallest absolute Gasteiger partial charge is 0.342 e. The molecule has 1 heterocycles. The fraction of sp³-hybridized carbons (Fsp3) is 0.0769. The van der Waals surface area contributed by atoms with Crippen LogP contribution in [0.15, 0.2) is 44.0 Å². The van der Waals surface area contributed by atoms with Gasteiger partial charge in [-0.05, 0) is 11.1 Å². The van der Waals surface area contributed by atoms with Crippen LogP contribution in [0.25, 0.3) is 0 Å². The Morgan fingerprint density at radius 2 is 2.00 bits per heavy atom. The van der Waals surface area contributed by atoms with E-state index in [4.69, 9.17) is 0 Å². The summed E-state index contributed by atoms with van der Waals surface area (Å²) < 4.78 is 0. The van der Waals surface area contributed by atoms with E-state index >= 15 is 0 Å². The summed E-state index contributed by atoms with van der Waals surface area (Å²) in [5, 5.41) is 19.8. The molecular weight excluding hydrogens is 338 g/mol. The molecule has 0 atom stereocenters. The van der Waals surface area contributed by atoms with Crippen LogP contribution in [0.1, 0.15) is 15.9 Å². The Kier molecular flexibility index (Phi) is 5.63. The molecule has 1 aromatic carbocycles. The summed E-state index contributed by atoms with van der Waals surface area (Å²) >= 11 is 0.832. The van der Waals surface area contributed by atoms with Crippen LogP contribution in [0.2, 0.25) is 0 Å². The number of hydrogen-bond donors (Lipinski definition) is 3. The van der Waals surface area contributed by atoms with Crippen LogP contribution in [0, 0.1) is 0 Å². The normalized spacial score (nSPS) is 10.7. The number of nitrogens with zero attached hydrogens (tertiary/aromatic N) is 2. The van der Waals surface area contributed by atoms with Crippen LogP contribution in [-0.4, -0.2) is 39.0 Å². The number of carbonyl (C=O) groups excluding carboxylic acids is 2. The number of rotatable bonds is 6. The first-order valence-electron chi connectivity index (χ1n) is 6.41. The lowest BCUT2D eigenvalue weighted by Crippen LogP contribution is -2.26. The molecular formula is C13H10N5O5S-. The topological polar surface area (TPSA) is 160 Å². The number of carboxylic acids is 1. The lowest BCUT2D eigenvalue weighted by molar-refractivity contribution is -0.255. The standard InChI is InChI=1S/C13H11N5O5S/c19-9(6-24-11-10(20)15-13(23)18-17-11)16-14-5-7-1-3-8(4-2-7)12(21)22/h1-5H,6H2,(H,16,19)(H,21,22)(H2,15,18,20,23)/p-1/b14-5-. The van der Waals surface area contributed by atoms with Crippen molar-refractivity contribution in [2.24, 2.45) is 5.10 Å². The van der Waals surface area contributed by atoms with Gasteiger partial charge in [-0.1, -0.05) is 36.0 Å². The fourth-order valence-corrected chi connectivity index (χ4v) is 2.11. The summed E-state index contributed by atoms with van der Waals surface area (Å²) in [6, 6.07) is 5.70. The van der Waals surface area contributed by atoms with Crippen molar-refractivity contribution in [1.29, 1.82) is 0 Å². The lowest BCUT2D eigenvalue weighted by Gasteiger charge is -2.01. The zero-order valence-corrected chi connectivity index (χ0v) is 12.8. The number of aromatic amines is 2. The molecule has 1 amide bonds. The summed E-state index contributed by atoms with van der Waals surface area (Å²) in [4.78, 5) is 46.3. The van der Waals surface area contributed by atoms with Crippen molar-refractivity contribution < 1.29 is 14.7 Å². The van der Waals surface area contributed by atoms with E-state index < -0.39 is 23.1 Å². The van der Waals surface area contributed by atoms with Gasteiger partial charge in [-0.15, -0.1) is 0 Å². The van der Waals surface area contributed by atoms with Gasteiger partial charge in [0.2, 0.25) is 5.91 Å². The molecule has 124 valence electrons. The van der Waals surface area contributed by atoms with E-state index in [0.717, 1.165) is 11.8 Å². The third kappa shape index (κ3) is 4.91. The number of amides is 1. The Morgan fingerprint density at radius 3 is 2.62 bits per heavy atom. The van der Waals surface area contributed by atoms with Crippen LogP contribution >= 0.6 is 11.8 Å². The number of carbonyl (C=O) groups is 2. The van der Waals surface area contributed by atoms with E-state index in [-0.39, 0.29) is 16.3 Å².